The van der Waals surface area contributed by atoms with Crippen LogP contribution in [0.1, 0.15) is 12.5 Å². The lowest BCUT2D eigenvalue weighted by Gasteiger charge is -2.12. The fourth-order valence-electron chi connectivity index (χ4n) is 1.91. The first-order chi connectivity index (χ1) is 12.4. The standard InChI is InChI=1S/C17H22N2O7/c1-5-18-17(22)19-14(20)10-26-15(21)7-6-11-8-12(23-2)16(25-4)13(9-11)24-3/h6-9H,5,10H2,1-4H3,(H2,18,19,20,22)/b7-6+. The van der Waals surface area contributed by atoms with E-state index in [-0.39, 0.29) is 0 Å². The number of hydrogen-bond donors (Lipinski definition) is 2. The summed E-state index contributed by atoms with van der Waals surface area (Å²) in [5.74, 6) is -0.186. The normalized spacial score (nSPS) is 10.2. The average Bonchev–Trinajstić information content (AvgIpc) is 2.63. The molecule has 0 unspecified atom stereocenters. The van der Waals surface area contributed by atoms with E-state index in [0.29, 0.717) is 29.4 Å². The van der Waals surface area contributed by atoms with Crippen molar-refractivity contribution in [1.82, 2.24) is 10.6 Å². The van der Waals surface area contributed by atoms with Crippen LogP contribution in [0.25, 0.3) is 6.08 Å². The molecule has 0 aliphatic carbocycles. The van der Waals surface area contributed by atoms with Gasteiger partial charge in [-0.05, 0) is 30.7 Å². The molecule has 0 saturated carbocycles. The number of amides is 3. The second-order valence-electron chi connectivity index (χ2n) is 4.81. The molecular formula is C17H22N2O7. The average molecular weight is 366 g/mol. The number of rotatable bonds is 8. The van der Waals surface area contributed by atoms with Gasteiger partial charge in [0.25, 0.3) is 5.91 Å². The summed E-state index contributed by atoms with van der Waals surface area (Å²) in [6, 6.07) is 2.64. The fraction of sp³-hybridized carbons (Fsp3) is 0.353. The van der Waals surface area contributed by atoms with Crippen molar-refractivity contribution in [1.29, 1.82) is 0 Å². The molecule has 0 aliphatic rings. The zero-order valence-electron chi connectivity index (χ0n) is 15.1. The van der Waals surface area contributed by atoms with Gasteiger partial charge in [-0.15, -0.1) is 0 Å². The maximum absolute atomic E-state index is 11.7. The Morgan fingerprint density at radius 2 is 1.65 bits per heavy atom. The van der Waals surface area contributed by atoms with Crippen molar-refractivity contribution in [2.45, 2.75) is 6.92 Å². The number of imide groups is 1. The lowest BCUT2D eigenvalue weighted by Crippen LogP contribution is -2.41. The number of hydrogen-bond acceptors (Lipinski definition) is 7. The summed E-state index contributed by atoms with van der Waals surface area (Å²) in [4.78, 5) is 34.3. The maximum atomic E-state index is 11.7. The van der Waals surface area contributed by atoms with Crippen LogP contribution in [0.15, 0.2) is 18.2 Å². The van der Waals surface area contributed by atoms with Crippen molar-refractivity contribution >= 4 is 24.0 Å². The van der Waals surface area contributed by atoms with Crippen LogP contribution in [0, 0.1) is 0 Å². The Morgan fingerprint density at radius 1 is 1.04 bits per heavy atom. The maximum Gasteiger partial charge on any atom is 0.331 e. The molecule has 9 heteroatoms. The molecule has 1 rings (SSSR count). The predicted octanol–water partition coefficient (Wildman–Crippen LogP) is 1.11. The topological polar surface area (TPSA) is 112 Å². The van der Waals surface area contributed by atoms with E-state index in [1.54, 1.807) is 19.1 Å². The van der Waals surface area contributed by atoms with Crippen molar-refractivity contribution in [2.75, 3.05) is 34.5 Å². The highest BCUT2D eigenvalue weighted by molar-refractivity contribution is 5.96. The molecule has 0 aliphatic heterocycles. The van der Waals surface area contributed by atoms with Gasteiger partial charge < -0.3 is 24.3 Å². The Morgan fingerprint density at radius 3 is 2.15 bits per heavy atom. The van der Waals surface area contributed by atoms with Gasteiger partial charge in [0.15, 0.2) is 18.1 Å². The third-order valence-electron chi connectivity index (χ3n) is 3.03. The number of esters is 1. The van der Waals surface area contributed by atoms with Gasteiger partial charge in [-0.3, -0.25) is 10.1 Å². The number of carbonyl (C=O) groups is 3. The van der Waals surface area contributed by atoms with Crippen molar-refractivity contribution in [2.24, 2.45) is 0 Å². The van der Waals surface area contributed by atoms with E-state index < -0.39 is 24.5 Å². The number of nitrogens with one attached hydrogen (secondary N) is 2. The van der Waals surface area contributed by atoms with Gasteiger partial charge in [0, 0.05) is 12.6 Å². The summed E-state index contributed by atoms with van der Waals surface area (Å²) >= 11 is 0. The summed E-state index contributed by atoms with van der Waals surface area (Å²) in [7, 11) is 4.44. The molecule has 0 atom stereocenters. The molecule has 1 aromatic rings. The largest absolute Gasteiger partial charge is 0.493 e. The minimum Gasteiger partial charge on any atom is -0.493 e. The van der Waals surface area contributed by atoms with Crippen LogP contribution in [0.3, 0.4) is 0 Å². The smallest absolute Gasteiger partial charge is 0.331 e. The zero-order valence-corrected chi connectivity index (χ0v) is 15.1. The predicted molar refractivity (Wildman–Crippen MR) is 93.3 cm³/mol. The van der Waals surface area contributed by atoms with Crippen LogP contribution in [0.2, 0.25) is 0 Å². The quantitative estimate of drug-likeness (QED) is 0.523. The minimum atomic E-state index is -0.746. The Kier molecular flexibility index (Phi) is 8.48. The van der Waals surface area contributed by atoms with Crippen molar-refractivity contribution < 1.29 is 33.3 Å². The molecule has 0 saturated heterocycles. The molecule has 3 amide bonds. The van der Waals surface area contributed by atoms with Crippen molar-refractivity contribution in [3.05, 3.63) is 23.8 Å². The molecule has 0 radical (unpaired) electrons. The molecule has 2 N–H and O–H groups in total. The highest BCUT2D eigenvalue weighted by Crippen LogP contribution is 2.38. The van der Waals surface area contributed by atoms with E-state index in [2.05, 4.69) is 5.32 Å². The van der Waals surface area contributed by atoms with Crippen LogP contribution < -0.4 is 24.8 Å². The van der Waals surface area contributed by atoms with Gasteiger partial charge in [0.2, 0.25) is 5.75 Å². The molecule has 0 fully saturated rings. The molecule has 1 aromatic carbocycles. The van der Waals surface area contributed by atoms with E-state index in [0.717, 1.165) is 6.08 Å². The highest BCUT2D eigenvalue weighted by atomic mass is 16.5. The van der Waals surface area contributed by atoms with Gasteiger partial charge >= 0.3 is 12.0 Å². The first kappa shape index (κ1) is 20.8. The van der Waals surface area contributed by atoms with Gasteiger partial charge in [-0.1, -0.05) is 0 Å². The minimum absolute atomic E-state index is 0.371. The van der Waals surface area contributed by atoms with E-state index in [1.165, 1.54) is 27.4 Å². The molecular weight excluding hydrogens is 344 g/mol. The molecule has 26 heavy (non-hydrogen) atoms. The third kappa shape index (κ3) is 6.34. The lowest BCUT2D eigenvalue weighted by atomic mass is 10.1. The van der Waals surface area contributed by atoms with E-state index in [9.17, 15) is 14.4 Å². The van der Waals surface area contributed by atoms with Crippen LogP contribution >= 0.6 is 0 Å². The molecule has 0 bridgehead atoms. The van der Waals surface area contributed by atoms with Crippen molar-refractivity contribution in [3.63, 3.8) is 0 Å². The Bertz CT molecular complexity index is 661. The Balaban J connectivity index is 2.68. The first-order valence-electron chi connectivity index (χ1n) is 7.67. The van der Waals surface area contributed by atoms with E-state index in [4.69, 9.17) is 18.9 Å². The summed E-state index contributed by atoms with van der Waals surface area (Å²) in [5, 5.41) is 4.40. The van der Waals surface area contributed by atoms with Gasteiger partial charge in [0.05, 0.1) is 21.3 Å². The van der Waals surface area contributed by atoms with Gasteiger partial charge in [-0.25, -0.2) is 9.59 Å². The third-order valence-corrected chi connectivity index (χ3v) is 3.03. The fourth-order valence-corrected chi connectivity index (χ4v) is 1.91. The second-order valence-corrected chi connectivity index (χ2v) is 4.81. The summed E-state index contributed by atoms with van der Waals surface area (Å²) in [6.45, 7) is 1.50. The SMILES string of the molecule is CCNC(=O)NC(=O)COC(=O)/C=C/c1cc(OC)c(OC)c(OC)c1. The van der Waals surface area contributed by atoms with E-state index >= 15 is 0 Å². The second kappa shape index (κ2) is 10.6. The van der Waals surface area contributed by atoms with Crippen LogP contribution in [-0.4, -0.2) is 52.4 Å². The van der Waals surface area contributed by atoms with E-state index in [1.807, 2.05) is 5.32 Å². The monoisotopic (exact) mass is 366 g/mol. The van der Waals surface area contributed by atoms with Crippen LogP contribution in [0.5, 0.6) is 17.2 Å². The number of urea groups is 1. The van der Waals surface area contributed by atoms with Crippen LogP contribution in [0.4, 0.5) is 4.79 Å². The number of ether oxygens (including phenoxy) is 4. The number of carbonyl (C=O) groups excluding carboxylic acids is 3. The molecule has 0 heterocycles. The molecule has 0 spiro atoms. The Hall–Kier alpha value is -3.23. The highest BCUT2D eigenvalue weighted by Gasteiger charge is 2.12. The summed E-state index contributed by atoms with van der Waals surface area (Å²) in [5.41, 5.74) is 0.600. The first-order valence-corrected chi connectivity index (χ1v) is 7.67. The van der Waals surface area contributed by atoms with Gasteiger partial charge in [0.1, 0.15) is 0 Å². The molecule has 9 nitrogen and oxygen atoms in total. The van der Waals surface area contributed by atoms with Crippen LogP contribution in [-0.2, 0) is 14.3 Å². The Labute approximate surface area is 151 Å². The van der Waals surface area contributed by atoms with Crippen molar-refractivity contribution in [3.8, 4) is 17.2 Å². The summed E-state index contributed by atoms with van der Waals surface area (Å²) in [6.07, 6.45) is 2.61. The molecule has 0 aromatic heterocycles. The summed E-state index contributed by atoms with van der Waals surface area (Å²) < 4.78 is 20.4. The van der Waals surface area contributed by atoms with Gasteiger partial charge in [-0.2, -0.15) is 0 Å². The number of benzene rings is 1. The molecule has 142 valence electrons. The lowest BCUT2D eigenvalue weighted by molar-refractivity contribution is -0.143. The zero-order chi connectivity index (χ0) is 19.5. The number of methoxy groups -OCH3 is 3.